The zero-order chi connectivity index (χ0) is 13.8. The Hall–Kier alpha value is -1.12. The zero-order valence-corrected chi connectivity index (χ0v) is 12.9. The predicted octanol–water partition coefficient (Wildman–Crippen LogP) is 4.92. The molecule has 0 aliphatic rings. The maximum absolute atomic E-state index is 12.3. The summed E-state index contributed by atoms with van der Waals surface area (Å²) in [6.45, 7) is 2.03. The Labute approximate surface area is 126 Å². The van der Waals surface area contributed by atoms with Crippen LogP contribution in [-0.2, 0) is 0 Å². The quantitative estimate of drug-likeness (QED) is 0.571. The summed E-state index contributed by atoms with van der Waals surface area (Å²) in [7, 11) is 0. The van der Waals surface area contributed by atoms with Crippen molar-refractivity contribution in [2.45, 2.75) is 17.1 Å². The zero-order valence-electron chi connectivity index (χ0n) is 10.5. The van der Waals surface area contributed by atoms with E-state index in [4.69, 9.17) is 11.6 Å². The lowest BCUT2D eigenvalue weighted by Crippen LogP contribution is -2.19. The van der Waals surface area contributed by atoms with E-state index in [-0.39, 0.29) is 10.6 Å². The Morgan fingerprint density at radius 2 is 1.63 bits per heavy atom. The summed E-state index contributed by atoms with van der Waals surface area (Å²) >= 11 is 9.82. The van der Waals surface area contributed by atoms with Crippen LogP contribution in [0, 0.1) is 6.92 Å². The molecule has 0 aromatic heterocycles. The van der Waals surface area contributed by atoms with Crippen LogP contribution < -0.4 is 0 Å². The molecule has 2 aromatic rings. The molecule has 2 aromatic carbocycles. The van der Waals surface area contributed by atoms with Gasteiger partial charge in [0.1, 0.15) is 5.38 Å². The van der Waals surface area contributed by atoms with E-state index in [1.807, 2.05) is 49.4 Å². The second-order valence-corrected chi connectivity index (χ2v) is 5.90. The molecule has 1 nitrogen and oxygen atoms in total. The van der Waals surface area contributed by atoms with E-state index >= 15 is 0 Å². The van der Waals surface area contributed by atoms with Crippen molar-refractivity contribution in [2.24, 2.45) is 0 Å². The number of aryl methyl sites for hydroxylation is 1. The van der Waals surface area contributed by atoms with E-state index < -0.39 is 5.38 Å². The number of halogens is 2. The summed E-state index contributed by atoms with van der Waals surface area (Å²) in [4.78, 5) is 12.1. The molecule has 0 radical (unpaired) electrons. The van der Waals surface area contributed by atoms with Gasteiger partial charge < -0.3 is 0 Å². The lowest BCUT2D eigenvalue weighted by molar-refractivity contribution is 0.0986. The van der Waals surface area contributed by atoms with Gasteiger partial charge in [-0.1, -0.05) is 76.1 Å². The average molecular weight is 338 g/mol. The first-order valence-electron chi connectivity index (χ1n) is 6.03. The number of alkyl halides is 2. The van der Waals surface area contributed by atoms with E-state index in [1.165, 1.54) is 5.56 Å². The first kappa shape index (κ1) is 14.3. The Morgan fingerprint density at radius 3 is 2.21 bits per heavy atom. The Kier molecular flexibility index (Phi) is 4.78. The van der Waals surface area contributed by atoms with Gasteiger partial charge in [-0.3, -0.25) is 4.79 Å². The molecule has 0 saturated carbocycles. The fraction of sp³-hybridized carbons (Fsp3) is 0.188. The van der Waals surface area contributed by atoms with E-state index in [9.17, 15) is 4.79 Å². The van der Waals surface area contributed by atoms with Crippen LogP contribution in [0.1, 0.15) is 26.3 Å². The minimum atomic E-state index is -0.620. The SMILES string of the molecule is Cc1ccc([C@@H](Br)[C@@H](Cl)C(=O)c2ccccc2)cc1. The van der Waals surface area contributed by atoms with Crippen molar-refractivity contribution in [3.63, 3.8) is 0 Å². The number of hydrogen-bond acceptors (Lipinski definition) is 1. The maximum Gasteiger partial charge on any atom is 0.182 e. The van der Waals surface area contributed by atoms with Gasteiger partial charge in [-0.2, -0.15) is 0 Å². The molecule has 0 fully saturated rings. The molecule has 0 aliphatic carbocycles. The lowest BCUT2D eigenvalue weighted by Gasteiger charge is -2.16. The summed E-state index contributed by atoms with van der Waals surface area (Å²) in [5.41, 5.74) is 2.83. The Morgan fingerprint density at radius 1 is 1.05 bits per heavy atom. The second-order valence-electron chi connectivity index (χ2n) is 4.44. The first-order valence-corrected chi connectivity index (χ1v) is 7.39. The number of ketones is 1. The van der Waals surface area contributed by atoms with Gasteiger partial charge in [0.25, 0.3) is 0 Å². The van der Waals surface area contributed by atoms with E-state index in [2.05, 4.69) is 15.9 Å². The predicted molar refractivity (Wildman–Crippen MR) is 83.3 cm³/mol. The van der Waals surface area contributed by atoms with Gasteiger partial charge in [-0.15, -0.1) is 11.6 Å². The van der Waals surface area contributed by atoms with E-state index in [0.717, 1.165) is 5.56 Å². The number of rotatable bonds is 4. The standard InChI is InChI=1S/C16H14BrClO/c1-11-7-9-12(10-8-11)14(17)15(18)16(19)13-5-3-2-4-6-13/h2-10,14-15H,1H3/t14-,15-/m1/s1. The second kappa shape index (κ2) is 6.36. The molecule has 0 aliphatic heterocycles. The molecule has 0 heterocycles. The van der Waals surface area contributed by atoms with Gasteiger partial charge in [-0.25, -0.2) is 0 Å². The number of benzene rings is 2. The topological polar surface area (TPSA) is 17.1 Å². The third-order valence-electron chi connectivity index (χ3n) is 2.96. The normalized spacial score (nSPS) is 13.8. The van der Waals surface area contributed by atoms with E-state index in [0.29, 0.717) is 5.56 Å². The first-order chi connectivity index (χ1) is 9.09. The van der Waals surface area contributed by atoms with Gasteiger partial charge in [0.15, 0.2) is 5.78 Å². The number of hydrogen-bond donors (Lipinski definition) is 0. The highest BCUT2D eigenvalue weighted by atomic mass is 79.9. The highest BCUT2D eigenvalue weighted by molar-refractivity contribution is 9.09. The molecular formula is C16H14BrClO. The fourth-order valence-corrected chi connectivity index (χ4v) is 2.63. The van der Waals surface area contributed by atoms with Crippen LogP contribution in [0.15, 0.2) is 54.6 Å². The van der Waals surface area contributed by atoms with Crippen LogP contribution >= 0.6 is 27.5 Å². The molecule has 0 unspecified atom stereocenters. The largest absolute Gasteiger partial charge is 0.292 e. The van der Waals surface area contributed by atoms with Crippen molar-refractivity contribution in [1.82, 2.24) is 0 Å². The van der Waals surface area contributed by atoms with Gasteiger partial charge in [-0.05, 0) is 12.5 Å². The summed E-state index contributed by atoms with van der Waals surface area (Å²) in [5, 5.41) is -0.620. The molecule has 2 atom stereocenters. The number of carbonyl (C=O) groups excluding carboxylic acids is 1. The maximum atomic E-state index is 12.3. The van der Waals surface area contributed by atoms with Crippen LogP contribution in [0.5, 0.6) is 0 Å². The van der Waals surface area contributed by atoms with Gasteiger partial charge in [0.2, 0.25) is 0 Å². The third-order valence-corrected chi connectivity index (χ3v) is 4.77. The smallest absolute Gasteiger partial charge is 0.182 e. The molecule has 2 rings (SSSR count). The molecule has 0 bridgehead atoms. The highest BCUT2D eigenvalue weighted by Gasteiger charge is 2.26. The number of carbonyl (C=O) groups is 1. The molecular weight excluding hydrogens is 324 g/mol. The van der Waals surface area contributed by atoms with Crippen LogP contribution in [-0.4, -0.2) is 11.2 Å². The summed E-state index contributed by atoms with van der Waals surface area (Å²) in [6, 6.07) is 17.1. The van der Waals surface area contributed by atoms with E-state index in [1.54, 1.807) is 12.1 Å². The van der Waals surface area contributed by atoms with Crippen LogP contribution in [0.2, 0.25) is 0 Å². The molecule has 19 heavy (non-hydrogen) atoms. The van der Waals surface area contributed by atoms with Crippen molar-refractivity contribution in [1.29, 1.82) is 0 Å². The third kappa shape index (κ3) is 3.46. The minimum Gasteiger partial charge on any atom is -0.292 e. The van der Waals surface area contributed by atoms with Gasteiger partial charge in [0.05, 0.1) is 4.83 Å². The molecule has 0 spiro atoms. The van der Waals surface area contributed by atoms with Crippen LogP contribution in [0.25, 0.3) is 0 Å². The lowest BCUT2D eigenvalue weighted by atomic mass is 10.0. The van der Waals surface area contributed by atoms with Gasteiger partial charge in [0, 0.05) is 5.56 Å². The van der Waals surface area contributed by atoms with Crippen molar-refractivity contribution in [3.05, 3.63) is 71.3 Å². The van der Waals surface area contributed by atoms with Crippen molar-refractivity contribution >= 4 is 33.3 Å². The summed E-state index contributed by atoms with van der Waals surface area (Å²) in [5.74, 6) is -0.0651. The van der Waals surface area contributed by atoms with Crippen LogP contribution in [0.3, 0.4) is 0 Å². The molecule has 0 amide bonds. The molecule has 0 N–H and O–H groups in total. The Bertz CT molecular complexity index is 551. The fourth-order valence-electron chi connectivity index (χ4n) is 1.81. The Balaban J connectivity index is 2.17. The summed E-state index contributed by atoms with van der Waals surface area (Å²) < 4.78 is 0. The highest BCUT2D eigenvalue weighted by Crippen LogP contribution is 2.32. The van der Waals surface area contributed by atoms with Crippen LogP contribution in [0.4, 0.5) is 0 Å². The monoisotopic (exact) mass is 336 g/mol. The van der Waals surface area contributed by atoms with Crippen molar-refractivity contribution in [2.75, 3.05) is 0 Å². The summed E-state index contributed by atoms with van der Waals surface area (Å²) in [6.07, 6.45) is 0. The molecule has 3 heteroatoms. The number of Topliss-reactive ketones (excluding diaryl/α,β-unsaturated/α-hetero) is 1. The molecule has 98 valence electrons. The van der Waals surface area contributed by atoms with Crippen molar-refractivity contribution in [3.8, 4) is 0 Å². The minimum absolute atomic E-state index is 0.0651. The molecule has 0 saturated heterocycles. The van der Waals surface area contributed by atoms with Crippen molar-refractivity contribution < 1.29 is 4.79 Å². The average Bonchev–Trinajstić information content (AvgIpc) is 2.46. The van der Waals surface area contributed by atoms with Gasteiger partial charge >= 0.3 is 0 Å².